The topological polar surface area (TPSA) is 0 Å². The van der Waals surface area contributed by atoms with Gasteiger partial charge in [-0.1, -0.05) is 168 Å². The van der Waals surface area contributed by atoms with Crippen LogP contribution in [0.25, 0.3) is 43.1 Å². The van der Waals surface area contributed by atoms with Gasteiger partial charge >= 0.3 is 56.9 Å². The van der Waals surface area contributed by atoms with Gasteiger partial charge in [0.05, 0.1) is 0 Å². The van der Waals surface area contributed by atoms with Crippen LogP contribution in [0.2, 0.25) is 0 Å². The molecule has 0 heterocycles. The van der Waals surface area contributed by atoms with Crippen LogP contribution in [0.15, 0.2) is 267 Å². The first kappa shape index (κ1) is 60.0. The molecule has 0 spiro atoms. The summed E-state index contributed by atoms with van der Waals surface area (Å²) >= 11 is 2.60. The molecule has 0 amide bonds. The molecule has 0 aliphatic heterocycles. The Morgan fingerprint density at radius 3 is 0.635 bits per heavy atom. The number of rotatable bonds is 12. The van der Waals surface area contributed by atoms with Gasteiger partial charge in [0.15, 0.2) is 0 Å². The minimum absolute atomic E-state index is 0. The van der Waals surface area contributed by atoms with E-state index in [4.69, 9.17) is 0 Å². The zero-order valence-corrected chi connectivity index (χ0v) is 51.8. The third-order valence-corrected chi connectivity index (χ3v) is 17.6. The molecule has 12 aromatic rings. The van der Waals surface area contributed by atoms with Crippen LogP contribution in [-0.2, 0) is 72.6 Å². The fourth-order valence-corrected chi connectivity index (χ4v) is 13.4. The SMILES string of the molecule is [CH2]=[Zr+2].[CH2]=[Zr+2].[Cl-].[Cl-].c1ccc(C[Si]c2c[cH-]c3ccccc23)cc1.c1ccc(C[Si]c2c[cH-]c3ccccc23)cc1.c1ccc(C[Si]c2c[cH-]c3ccccc23)cc1.c1ccc(C[Si]c2c[cH-]c3ccccc23)cc1. The van der Waals surface area contributed by atoms with Gasteiger partial charge in [0.1, 0.15) is 0 Å². The standard InChI is InChI=1S/4C16H13Si.2CH2.2ClH.2Zr/c4*1-2-6-13(7-3-1)12-17-16-11-10-14-8-4-5-9-15(14)16;;;;;;/h4*1-11H,12H2;2*1H2;2*1H;;/q4*-1;;;;;2*+2/p-2. The van der Waals surface area contributed by atoms with E-state index >= 15 is 0 Å². The molecule has 8 heteroatoms. The van der Waals surface area contributed by atoms with Crippen molar-refractivity contribution in [3.63, 3.8) is 0 Å². The Hall–Kier alpha value is -4.85. The number of hydrogen-bond acceptors (Lipinski definition) is 0. The van der Waals surface area contributed by atoms with E-state index in [0.717, 1.165) is 62.3 Å². The molecular weight excluding hydrogens is 1160 g/mol. The molecule has 360 valence electrons. The van der Waals surface area contributed by atoms with Crippen LogP contribution in [0, 0.1) is 0 Å². The number of fused-ring (bicyclic) bond motifs is 4. The molecular formula is C66H56Cl2Si4Zr2-2. The molecule has 0 saturated heterocycles. The van der Waals surface area contributed by atoms with Crippen molar-refractivity contribution in [2.45, 2.75) is 24.2 Å². The van der Waals surface area contributed by atoms with E-state index in [9.17, 15) is 0 Å². The monoisotopic (exact) mass is 1210 g/mol. The summed E-state index contributed by atoms with van der Waals surface area (Å²) in [6.45, 7) is 0. The van der Waals surface area contributed by atoms with E-state index < -0.39 is 0 Å². The van der Waals surface area contributed by atoms with Crippen molar-refractivity contribution in [3.05, 3.63) is 289 Å². The zero-order chi connectivity index (χ0) is 50.0. The van der Waals surface area contributed by atoms with Crippen LogP contribution < -0.4 is 45.6 Å². The van der Waals surface area contributed by atoms with E-state index in [1.807, 2.05) is 0 Å². The molecule has 0 fully saturated rings. The minimum atomic E-state index is 0. The Morgan fingerprint density at radius 1 is 0.257 bits per heavy atom. The van der Waals surface area contributed by atoms with Crippen molar-refractivity contribution in [1.82, 2.24) is 0 Å². The summed E-state index contributed by atoms with van der Waals surface area (Å²) < 4.78 is 6.68. The average Bonchev–Trinajstić information content (AvgIpc) is 4.29. The molecule has 0 N–H and O–H groups in total. The smallest absolute Gasteiger partial charge is 0.0109 e. The molecule has 0 aliphatic carbocycles. The number of benzene rings is 8. The van der Waals surface area contributed by atoms with Crippen LogP contribution in [-0.4, -0.2) is 46.5 Å². The van der Waals surface area contributed by atoms with Gasteiger partial charge in [0, 0.05) is 38.1 Å². The maximum atomic E-state index is 3.34. The van der Waals surface area contributed by atoms with Crippen LogP contribution in [0.1, 0.15) is 22.3 Å². The fraction of sp³-hybridized carbons (Fsp3) is 0.0606. The summed E-state index contributed by atoms with van der Waals surface area (Å²) in [4.78, 5) is 0. The van der Waals surface area contributed by atoms with Crippen molar-refractivity contribution in [1.29, 1.82) is 0 Å². The van der Waals surface area contributed by atoms with E-state index in [1.54, 1.807) is 0 Å². The molecule has 0 bridgehead atoms. The molecule has 0 unspecified atom stereocenters. The van der Waals surface area contributed by atoms with Gasteiger partial charge in [-0.15, -0.1) is 119 Å². The second kappa shape index (κ2) is 33.9. The molecule has 0 saturated carbocycles. The molecule has 74 heavy (non-hydrogen) atoms. The summed E-state index contributed by atoms with van der Waals surface area (Å²) in [6.07, 6.45) is 0. The Labute approximate surface area is 491 Å². The first-order valence-electron chi connectivity index (χ1n) is 24.1. The molecule has 12 rings (SSSR count). The van der Waals surface area contributed by atoms with Gasteiger partial charge in [-0.25, -0.2) is 0 Å². The second-order valence-electron chi connectivity index (χ2n) is 16.7. The fourth-order valence-electron chi connectivity index (χ4n) is 8.39. The van der Waals surface area contributed by atoms with Gasteiger partial charge in [-0.05, 0) is 24.2 Å². The van der Waals surface area contributed by atoms with E-state index in [2.05, 4.69) is 275 Å². The first-order valence-corrected chi connectivity index (χ1v) is 32.4. The quantitative estimate of drug-likeness (QED) is 0.0999. The maximum Gasteiger partial charge on any atom is 0.0109 e. The summed E-state index contributed by atoms with van der Waals surface area (Å²) in [7, 11) is 3.44. The van der Waals surface area contributed by atoms with Crippen molar-refractivity contribution in [2.75, 3.05) is 0 Å². The Bertz CT molecular complexity index is 2950. The third-order valence-electron chi connectivity index (χ3n) is 12.0. The van der Waals surface area contributed by atoms with Gasteiger partial charge in [-0.3, -0.25) is 0 Å². The molecule has 12 aromatic carbocycles. The molecule has 0 aliphatic rings. The largest absolute Gasteiger partial charge is 1.00 e. The summed E-state index contributed by atoms with van der Waals surface area (Å²) in [5.74, 6) is 0. The average molecular weight is 1210 g/mol. The van der Waals surface area contributed by atoms with Crippen molar-refractivity contribution in [2.24, 2.45) is 0 Å². The van der Waals surface area contributed by atoms with Crippen LogP contribution in [0.5, 0.6) is 0 Å². The predicted octanol–water partition coefficient (Wildman–Crippen LogP) is 6.29. The van der Waals surface area contributed by atoms with Crippen molar-refractivity contribution >= 4 is 110 Å². The number of hydrogen-bond donors (Lipinski definition) is 0. The van der Waals surface area contributed by atoms with Gasteiger partial charge in [0.2, 0.25) is 0 Å². The van der Waals surface area contributed by atoms with E-state index in [-0.39, 0.29) is 24.8 Å². The molecule has 0 aromatic heterocycles. The molecule has 0 nitrogen and oxygen atoms in total. The Balaban J connectivity index is 0.000000177. The molecule has 8 radical (unpaired) electrons. The third kappa shape index (κ3) is 18.2. The van der Waals surface area contributed by atoms with Crippen molar-refractivity contribution < 1.29 is 73.3 Å². The Kier molecular flexibility index (Phi) is 27.5. The van der Waals surface area contributed by atoms with Crippen molar-refractivity contribution in [3.8, 4) is 0 Å². The van der Waals surface area contributed by atoms with Crippen LogP contribution in [0.3, 0.4) is 0 Å². The van der Waals surface area contributed by atoms with E-state index in [0.29, 0.717) is 0 Å². The summed E-state index contributed by atoms with van der Waals surface area (Å²) in [5, 5.41) is 17.1. The normalized spacial score (nSPS) is 10.1. The number of halogens is 2. The molecule has 0 atom stereocenters. The minimum Gasteiger partial charge on any atom is -1.00 e. The zero-order valence-electron chi connectivity index (χ0n) is 41.4. The van der Waals surface area contributed by atoms with Crippen LogP contribution in [0.4, 0.5) is 0 Å². The van der Waals surface area contributed by atoms with Gasteiger partial charge in [0.25, 0.3) is 0 Å². The summed E-state index contributed by atoms with van der Waals surface area (Å²) in [6, 6.07) is 100.0. The maximum absolute atomic E-state index is 3.34. The van der Waals surface area contributed by atoms with Gasteiger partial charge in [-0.2, -0.15) is 66.6 Å². The van der Waals surface area contributed by atoms with Gasteiger partial charge < -0.3 is 24.8 Å². The summed E-state index contributed by atoms with van der Waals surface area (Å²) in [5.41, 5.74) is 5.71. The Morgan fingerprint density at radius 2 is 0.432 bits per heavy atom. The predicted molar refractivity (Wildman–Crippen MR) is 315 cm³/mol. The van der Waals surface area contributed by atoms with E-state index in [1.165, 1.54) is 135 Å². The van der Waals surface area contributed by atoms with Crippen LogP contribution >= 0.6 is 0 Å². The first-order chi connectivity index (χ1) is 35.7. The second-order valence-corrected chi connectivity index (χ2v) is 21.7.